The highest BCUT2D eigenvalue weighted by atomic mass is 16.2. The minimum atomic E-state index is -0.233. The van der Waals surface area contributed by atoms with E-state index in [9.17, 15) is 14.4 Å². The van der Waals surface area contributed by atoms with Crippen LogP contribution in [0.15, 0.2) is 12.4 Å². The van der Waals surface area contributed by atoms with E-state index in [1.54, 1.807) is 4.90 Å². The van der Waals surface area contributed by atoms with Crippen LogP contribution in [0, 0.1) is 0 Å². The largest absolute Gasteiger partial charge is 0.339 e. The standard InChI is InChI=1S/C17H23N5O3/c23-15-3-4-16(24)22(15)12-17(25)20-9-7-19(8-10-20)11-14-18-5-6-21(14)13-1-2-13/h5-6,13H,1-4,7-12H2. The number of piperazine rings is 1. The second-order valence-corrected chi connectivity index (χ2v) is 7.01. The number of amides is 3. The zero-order valence-corrected chi connectivity index (χ0v) is 14.3. The average Bonchev–Trinajstić information content (AvgIpc) is 3.29. The Kier molecular flexibility index (Phi) is 4.29. The number of carbonyl (C=O) groups excluding carboxylic acids is 3. The van der Waals surface area contributed by atoms with Gasteiger partial charge in [0.15, 0.2) is 0 Å². The molecule has 134 valence electrons. The molecule has 3 fully saturated rings. The summed E-state index contributed by atoms with van der Waals surface area (Å²) in [5.74, 6) is 0.492. The molecule has 8 heteroatoms. The van der Waals surface area contributed by atoms with E-state index in [0.717, 1.165) is 30.4 Å². The fourth-order valence-corrected chi connectivity index (χ4v) is 3.54. The number of hydrogen-bond donors (Lipinski definition) is 0. The Morgan fingerprint density at radius 3 is 2.40 bits per heavy atom. The lowest BCUT2D eigenvalue weighted by Crippen LogP contribution is -2.51. The van der Waals surface area contributed by atoms with Gasteiger partial charge in [0.1, 0.15) is 12.4 Å². The number of imidazole rings is 1. The van der Waals surface area contributed by atoms with Gasteiger partial charge in [-0.1, -0.05) is 0 Å². The van der Waals surface area contributed by atoms with Gasteiger partial charge in [-0.2, -0.15) is 0 Å². The minimum Gasteiger partial charge on any atom is -0.339 e. The van der Waals surface area contributed by atoms with Gasteiger partial charge in [-0.3, -0.25) is 24.2 Å². The van der Waals surface area contributed by atoms with Gasteiger partial charge < -0.3 is 9.47 Å². The molecule has 3 aliphatic rings. The molecule has 0 aromatic carbocycles. The topological polar surface area (TPSA) is 78.8 Å². The van der Waals surface area contributed by atoms with Gasteiger partial charge in [-0.05, 0) is 12.8 Å². The monoisotopic (exact) mass is 345 g/mol. The van der Waals surface area contributed by atoms with Crippen molar-refractivity contribution in [2.24, 2.45) is 0 Å². The molecule has 0 N–H and O–H groups in total. The van der Waals surface area contributed by atoms with E-state index < -0.39 is 0 Å². The molecule has 1 saturated carbocycles. The van der Waals surface area contributed by atoms with Gasteiger partial charge in [-0.25, -0.2) is 4.98 Å². The number of nitrogens with zero attached hydrogens (tertiary/aromatic N) is 5. The summed E-state index contributed by atoms with van der Waals surface area (Å²) in [6, 6.07) is 0.621. The average molecular weight is 345 g/mol. The third-order valence-corrected chi connectivity index (χ3v) is 5.23. The van der Waals surface area contributed by atoms with Crippen molar-refractivity contribution in [1.29, 1.82) is 0 Å². The quantitative estimate of drug-likeness (QED) is 0.703. The number of rotatable bonds is 5. The predicted molar refractivity (Wildman–Crippen MR) is 88.3 cm³/mol. The van der Waals surface area contributed by atoms with Crippen LogP contribution in [0.4, 0.5) is 0 Å². The molecule has 2 saturated heterocycles. The van der Waals surface area contributed by atoms with Crippen molar-refractivity contribution < 1.29 is 14.4 Å². The Hall–Kier alpha value is -2.22. The molecule has 0 unspecified atom stereocenters. The lowest BCUT2D eigenvalue weighted by Gasteiger charge is -2.35. The van der Waals surface area contributed by atoms with Crippen LogP contribution in [0.5, 0.6) is 0 Å². The van der Waals surface area contributed by atoms with Crippen LogP contribution in [0.3, 0.4) is 0 Å². The molecule has 4 rings (SSSR count). The van der Waals surface area contributed by atoms with Crippen molar-refractivity contribution in [1.82, 2.24) is 24.3 Å². The van der Waals surface area contributed by atoms with Gasteiger partial charge >= 0.3 is 0 Å². The van der Waals surface area contributed by atoms with E-state index in [2.05, 4.69) is 20.6 Å². The molecular weight excluding hydrogens is 322 g/mol. The first-order valence-electron chi connectivity index (χ1n) is 8.97. The zero-order valence-electron chi connectivity index (χ0n) is 14.3. The first-order chi connectivity index (χ1) is 12.1. The molecule has 1 aliphatic carbocycles. The molecule has 1 aromatic heterocycles. The summed E-state index contributed by atoms with van der Waals surface area (Å²) in [4.78, 5) is 45.3. The molecule has 1 aromatic rings. The van der Waals surface area contributed by atoms with Crippen molar-refractivity contribution in [2.45, 2.75) is 38.3 Å². The Labute approximate surface area is 146 Å². The number of imide groups is 1. The summed E-state index contributed by atoms with van der Waals surface area (Å²) < 4.78 is 2.27. The smallest absolute Gasteiger partial charge is 0.242 e. The molecule has 3 amide bonds. The van der Waals surface area contributed by atoms with Crippen LogP contribution in [-0.2, 0) is 20.9 Å². The second-order valence-electron chi connectivity index (χ2n) is 7.01. The van der Waals surface area contributed by atoms with Crippen molar-refractivity contribution in [2.75, 3.05) is 32.7 Å². The van der Waals surface area contributed by atoms with Crippen molar-refractivity contribution >= 4 is 17.7 Å². The van der Waals surface area contributed by atoms with E-state index in [-0.39, 0.29) is 37.1 Å². The van der Waals surface area contributed by atoms with Gasteiger partial charge in [0.25, 0.3) is 0 Å². The van der Waals surface area contributed by atoms with E-state index >= 15 is 0 Å². The fraction of sp³-hybridized carbons (Fsp3) is 0.647. The van der Waals surface area contributed by atoms with E-state index in [1.807, 2.05) is 6.20 Å². The van der Waals surface area contributed by atoms with Crippen LogP contribution in [0.1, 0.15) is 37.5 Å². The van der Waals surface area contributed by atoms with Crippen molar-refractivity contribution in [3.05, 3.63) is 18.2 Å². The first kappa shape index (κ1) is 16.3. The first-order valence-corrected chi connectivity index (χ1v) is 8.97. The minimum absolute atomic E-state index is 0.107. The summed E-state index contributed by atoms with van der Waals surface area (Å²) in [7, 11) is 0. The van der Waals surface area contributed by atoms with Gasteiger partial charge in [-0.15, -0.1) is 0 Å². The Bertz CT molecular complexity index is 672. The summed E-state index contributed by atoms with van der Waals surface area (Å²) >= 11 is 0. The molecule has 25 heavy (non-hydrogen) atoms. The Balaban J connectivity index is 1.28. The summed E-state index contributed by atoms with van der Waals surface area (Å²) in [6.07, 6.45) is 6.84. The number of carbonyl (C=O) groups is 3. The summed E-state index contributed by atoms with van der Waals surface area (Å²) in [5, 5.41) is 0. The summed E-state index contributed by atoms with van der Waals surface area (Å²) in [6.45, 7) is 3.51. The number of aromatic nitrogens is 2. The van der Waals surface area contributed by atoms with Gasteiger partial charge in [0.2, 0.25) is 17.7 Å². The van der Waals surface area contributed by atoms with Crippen LogP contribution in [0.2, 0.25) is 0 Å². The van der Waals surface area contributed by atoms with Crippen LogP contribution >= 0.6 is 0 Å². The lowest BCUT2D eigenvalue weighted by molar-refractivity contribution is -0.146. The number of likely N-dealkylation sites (tertiary alicyclic amines) is 1. The van der Waals surface area contributed by atoms with Crippen molar-refractivity contribution in [3.8, 4) is 0 Å². The molecule has 0 bridgehead atoms. The zero-order chi connectivity index (χ0) is 17.4. The Morgan fingerprint density at radius 1 is 1.08 bits per heavy atom. The molecule has 0 atom stereocenters. The van der Waals surface area contributed by atoms with E-state index in [0.29, 0.717) is 19.1 Å². The van der Waals surface area contributed by atoms with Crippen LogP contribution in [-0.4, -0.2) is 74.7 Å². The molecule has 3 heterocycles. The highest BCUT2D eigenvalue weighted by Gasteiger charge is 2.33. The maximum Gasteiger partial charge on any atom is 0.242 e. The maximum absolute atomic E-state index is 12.4. The lowest BCUT2D eigenvalue weighted by atomic mass is 10.3. The molecule has 8 nitrogen and oxygen atoms in total. The molecule has 2 aliphatic heterocycles. The Morgan fingerprint density at radius 2 is 1.76 bits per heavy atom. The number of hydrogen-bond acceptors (Lipinski definition) is 5. The van der Waals surface area contributed by atoms with Crippen LogP contribution in [0.25, 0.3) is 0 Å². The van der Waals surface area contributed by atoms with Crippen LogP contribution < -0.4 is 0 Å². The maximum atomic E-state index is 12.4. The molecule has 0 spiro atoms. The highest BCUT2D eigenvalue weighted by molar-refractivity contribution is 6.04. The van der Waals surface area contributed by atoms with E-state index in [4.69, 9.17) is 0 Å². The van der Waals surface area contributed by atoms with E-state index in [1.165, 1.54) is 12.8 Å². The molecular formula is C17H23N5O3. The van der Waals surface area contributed by atoms with Gasteiger partial charge in [0, 0.05) is 57.5 Å². The highest BCUT2D eigenvalue weighted by Crippen LogP contribution is 2.35. The SMILES string of the molecule is O=C(CN1C(=O)CCC1=O)N1CCN(Cc2nccn2C2CC2)CC1. The predicted octanol–water partition coefficient (Wildman–Crippen LogP) is 0.0112. The second kappa shape index (κ2) is 6.59. The fourth-order valence-electron chi connectivity index (χ4n) is 3.54. The van der Waals surface area contributed by atoms with Gasteiger partial charge in [0.05, 0.1) is 6.54 Å². The normalized spacial score (nSPS) is 22.1. The van der Waals surface area contributed by atoms with Crippen molar-refractivity contribution in [3.63, 3.8) is 0 Å². The molecule has 0 radical (unpaired) electrons. The third-order valence-electron chi connectivity index (χ3n) is 5.23. The third kappa shape index (κ3) is 3.44. The summed E-state index contributed by atoms with van der Waals surface area (Å²) in [5.41, 5.74) is 0.